The Hall–Kier alpha value is -2.92. The first kappa shape index (κ1) is 29.1. The Morgan fingerprint density at radius 1 is 0.692 bits per heavy atom. The van der Waals surface area contributed by atoms with Gasteiger partial charge in [-0.05, 0) is 47.9 Å². The number of nitrogens with zero attached hydrogens (tertiary/aromatic N) is 2. The number of rotatable bonds is 10. The van der Waals surface area contributed by atoms with E-state index in [0.29, 0.717) is 24.1 Å². The van der Waals surface area contributed by atoms with Crippen molar-refractivity contribution < 1.29 is 55.2 Å². The Morgan fingerprint density at radius 3 is 1.85 bits per heavy atom. The number of fused-ring (bicyclic) bond motifs is 2. The molecule has 4 aromatic rings. The van der Waals surface area contributed by atoms with E-state index in [0.717, 1.165) is 12.1 Å². The molecule has 0 aliphatic rings. The minimum atomic E-state index is -4.72. The van der Waals surface area contributed by atoms with Gasteiger partial charge in [-0.2, -0.15) is 21.9 Å². The number of nitrogen functional groups attached to an aromatic ring is 1. The van der Waals surface area contributed by atoms with E-state index in [9.17, 15) is 25.9 Å². The molecule has 0 heterocycles. The molecule has 6 N–H and O–H groups in total. The van der Waals surface area contributed by atoms with Gasteiger partial charge in [0.25, 0.3) is 20.2 Å². The van der Waals surface area contributed by atoms with Gasteiger partial charge in [0.15, 0.2) is 0 Å². The summed E-state index contributed by atoms with van der Waals surface area (Å²) in [6, 6.07) is 12.0. The molecule has 206 valence electrons. The van der Waals surface area contributed by atoms with Crippen LogP contribution in [0.15, 0.2) is 84.4 Å². The van der Waals surface area contributed by atoms with Crippen LogP contribution in [0.25, 0.3) is 21.5 Å². The summed E-state index contributed by atoms with van der Waals surface area (Å²) >= 11 is 0.910. The van der Waals surface area contributed by atoms with Crippen LogP contribution in [-0.4, -0.2) is 36.5 Å². The Morgan fingerprint density at radius 2 is 1.26 bits per heavy atom. The SMILES string of the molecule is Nc1ccc2c(S(=O)(=O)O)cc(SOOO)cc2c1N=Nc1ccc2c(S(=O)(=O)O)cc(SOOO)cc2c1. The predicted molar refractivity (Wildman–Crippen MR) is 137 cm³/mol. The van der Waals surface area contributed by atoms with E-state index in [-0.39, 0.29) is 48.4 Å². The maximum atomic E-state index is 12.0. The number of nitrogens with two attached hydrogens (primary N) is 1. The molecule has 19 heteroatoms. The van der Waals surface area contributed by atoms with Crippen molar-refractivity contribution in [1.29, 1.82) is 0 Å². The second-order valence-electron chi connectivity index (χ2n) is 7.45. The Bertz CT molecular complexity index is 1810. The van der Waals surface area contributed by atoms with Gasteiger partial charge in [-0.15, -0.1) is 13.8 Å². The molecule has 0 fully saturated rings. The summed E-state index contributed by atoms with van der Waals surface area (Å²) < 4.78 is 75.9. The molecule has 0 atom stereocenters. The largest absolute Gasteiger partial charge is 0.397 e. The standard InChI is InChI=1S/C20H15N3O12S4/c21-17-4-3-15-16(7-13(37-35-33-25)9-19(15)39(29,30)31)20(17)23-22-11-1-2-14-10(5-11)6-12(36-34-32-24)8-18(14)38(26,27)28/h1-9,24-25H,21H2,(H,26,27,28)(H,29,30,31). The van der Waals surface area contributed by atoms with Crippen LogP contribution in [0, 0.1) is 0 Å². The third kappa shape index (κ3) is 6.63. The summed E-state index contributed by atoms with van der Waals surface area (Å²) in [6.45, 7) is 0. The molecule has 0 bridgehead atoms. The number of hydrogen-bond donors (Lipinski definition) is 5. The van der Waals surface area contributed by atoms with Crippen molar-refractivity contribution in [1.82, 2.24) is 0 Å². The lowest BCUT2D eigenvalue weighted by Crippen LogP contribution is -2.00. The van der Waals surface area contributed by atoms with Crippen molar-refractivity contribution in [2.24, 2.45) is 10.2 Å². The average molecular weight is 618 g/mol. The highest BCUT2D eigenvalue weighted by molar-refractivity contribution is 7.95. The topological polar surface area (TPSA) is 237 Å². The second-order valence-corrected chi connectivity index (χ2v) is 11.8. The van der Waals surface area contributed by atoms with E-state index in [1.807, 2.05) is 0 Å². The van der Waals surface area contributed by atoms with Crippen molar-refractivity contribution in [2.45, 2.75) is 19.6 Å². The lowest BCUT2D eigenvalue weighted by molar-refractivity contribution is -0.432. The van der Waals surface area contributed by atoms with Gasteiger partial charge in [-0.3, -0.25) is 9.11 Å². The molecule has 39 heavy (non-hydrogen) atoms. The summed E-state index contributed by atoms with van der Waals surface area (Å²) in [6.07, 6.45) is 0. The van der Waals surface area contributed by atoms with Crippen molar-refractivity contribution in [3.05, 3.63) is 54.6 Å². The molecule has 0 aliphatic heterocycles. The van der Waals surface area contributed by atoms with E-state index < -0.39 is 30.0 Å². The number of azo groups is 1. The Balaban J connectivity index is 1.86. The van der Waals surface area contributed by atoms with E-state index in [2.05, 4.69) is 29.0 Å². The molecule has 4 rings (SSSR count). The van der Waals surface area contributed by atoms with Crippen LogP contribution in [0.1, 0.15) is 0 Å². The van der Waals surface area contributed by atoms with Crippen molar-refractivity contribution in [3.63, 3.8) is 0 Å². The van der Waals surface area contributed by atoms with Crippen molar-refractivity contribution >= 4 is 82.9 Å². The van der Waals surface area contributed by atoms with Crippen LogP contribution in [0.3, 0.4) is 0 Å². The summed E-state index contributed by atoms with van der Waals surface area (Å²) in [7, 11) is -9.37. The average Bonchev–Trinajstić information content (AvgIpc) is 2.87. The smallest absolute Gasteiger partial charge is 0.295 e. The molecular weight excluding hydrogens is 602 g/mol. The summed E-state index contributed by atoms with van der Waals surface area (Å²) in [4.78, 5) is -0.701. The maximum Gasteiger partial charge on any atom is 0.295 e. The zero-order chi connectivity index (χ0) is 28.4. The fourth-order valence-electron chi connectivity index (χ4n) is 3.59. The molecule has 0 saturated carbocycles. The van der Waals surface area contributed by atoms with E-state index in [4.69, 9.17) is 16.2 Å². The van der Waals surface area contributed by atoms with Gasteiger partial charge in [-0.1, -0.05) is 22.2 Å². The molecule has 0 aliphatic carbocycles. The minimum Gasteiger partial charge on any atom is -0.397 e. The summed E-state index contributed by atoms with van der Waals surface area (Å²) in [5, 5.41) is 32.8. The molecule has 0 unspecified atom stereocenters. The van der Waals surface area contributed by atoms with Crippen LogP contribution in [-0.2, 0) is 39.0 Å². The highest BCUT2D eigenvalue weighted by atomic mass is 32.2. The molecular formula is C20H15N3O12S4. The second kappa shape index (κ2) is 11.7. The predicted octanol–water partition coefficient (Wildman–Crippen LogP) is 5.34. The first-order chi connectivity index (χ1) is 18.4. The van der Waals surface area contributed by atoms with E-state index in [1.54, 1.807) is 0 Å². The molecule has 0 saturated heterocycles. The van der Waals surface area contributed by atoms with Gasteiger partial charge in [-0.25, -0.2) is 10.5 Å². The van der Waals surface area contributed by atoms with E-state index >= 15 is 0 Å². The van der Waals surface area contributed by atoms with Crippen molar-refractivity contribution in [3.8, 4) is 0 Å². The number of anilines is 1. The summed E-state index contributed by atoms with van der Waals surface area (Å²) in [5.41, 5.74) is 6.37. The third-order valence-corrected chi connectivity index (χ3v) is 7.99. The Kier molecular flexibility index (Phi) is 8.70. The van der Waals surface area contributed by atoms with Gasteiger partial charge >= 0.3 is 0 Å². The number of hydrogen-bond acceptors (Lipinski definition) is 15. The normalized spacial score (nSPS) is 12.6. The molecule has 15 nitrogen and oxygen atoms in total. The van der Waals surface area contributed by atoms with Crippen LogP contribution in [0.5, 0.6) is 0 Å². The molecule has 0 amide bonds. The molecule has 4 aromatic carbocycles. The van der Waals surface area contributed by atoms with Gasteiger partial charge in [0.05, 0.1) is 35.5 Å². The van der Waals surface area contributed by atoms with Gasteiger partial charge < -0.3 is 5.73 Å². The molecule has 0 aromatic heterocycles. The van der Waals surface area contributed by atoms with Crippen LogP contribution >= 0.6 is 24.1 Å². The zero-order valence-electron chi connectivity index (χ0n) is 18.9. The van der Waals surface area contributed by atoms with Crippen LogP contribution in [0.2, 0.25) is 0 Å². The zero-order valence-corrected chi connectivity index (χ0v) is 22.1. The first-order valence-electron chi connectivity index (χ1n) is 10.0. The van der Waals surface area contributed by atoms with Crippen LogP contribution in [0.4, 0.5) is 17.1 Å². The van der Waals surface area contributed by atoms with Crippen molar-refractivity contribution in [2.75, 3.05) is 5.73 Å². The first-order valence-corrected chi connectivity index (χ1v) is 14.4. The minimum absolute atomic E-state index is 0.0151. The Labute approximate surface area is 227 Å². The maximum absolute atomic E-state index is 12.0. The van der Waals surface area contributed by atoms with E-state index in [1.165, 1.54) is 42.5 Å². The van der Waals surface area contributed by atoms with Gasteiger partial charge in [0, 0.05) is 25.9 Å². The highest BCUT2D eigenvalue weighted by Gasteiger charge is 2.20. The van der Waals surface area contributed by atoms with Crippen LogP contribution < -0.4 is 5.73 Å². The quantitative estimate of drug-likeness (QED) is 0.0377. The molecule has 0 radical (unpaired) electrons. The van der Waals surface area contributed by atoms with Gasteiger partial charge in [0.1, 0.15) is 15.5 Å². The lowest BCUT2D eigenvalue weighted by atomic mass is 10.1. The molecule has 0 spiro atoms. The van der Waals surface area contributed by atoms with Gasteiger partial charge in [0.2, 0.25) is 0 Å². The lowest BCUT2D eigenvalue weighted by Gasteiger charge is -2.10. The monoisotopic (exact) mass is 617 g/mol. The third-order valence-electron chi connectivity index (χ3n) is 5.09. The highest BCUT2D eigenvalue weighted by Crippen LogP contribution is 2.40. The number of benzene rings is 4. The fraction of sp³-hybridized carbons (Fsp3) is 0. The fourth-order valence-corrected chi connectivity index (χ4v) is 6.10. The summed E-state index contributed by atoms with van der Waals surface area (Å²) in [5.74, 6) is 0.